The molecule has 0 radical (unpaired) electrons. The van der Waals surface area contributed by atoms with Gasteiger partial charge in [-0.1, -0.05) is 26.3 Å². The van der Waals surface area contributed by atoms with Gasteiger partial charge in [0.15, 0.2) is 0 Å². The van der Waals surface area contributed by atoms with Gasteiger partial charge in [0.1, 0.15) is 4.90 Å². The zero-order valence-corrected chi connectivity index (χ0v) is 12.9. The van der Waals surface area contributed by atoms with Crippen LogP contribution < -0.4 is 15.8 Å². The van der Waals surface area contributed by atoms with Crippen molar-refractivity contribution in [3.05, 3.63) is 18.2 Å². The van der Waals surface area contributed by atoms with Crippen molar-refractivity contribution in [3.8, 4) is 0 Å². The van der Waals surface area contributed by atoms with Crippen LogP contribution in [0.3, 0.4) is 0 Å². The van der Waals surface area contributed by atoms with Crippen LogP contribution in [0.2, 0.25) is 0 Å². The topological polar surface area (TPSA) is 89.4 Å². The average Bonchev–Trinajstić information content (AvgIpc) is 2.39. The third-order valence-electron chi connectivity index (χ3n) is 4.51. The molecule has 1 heterocycles. The smallest absolute Gasteiger partial charge is 0.240 e. The van der Waals surface area contributed by atoms with E-state index in [1.165, 1.54) is 6.07 Å². The largest absolute Gasteiger partial charge is 0.396 e. The molecule has 0 aliphatic carbocycles. The van der Waals surface area contributed by atoms with Crippen molar-refractivity contribution >= 4 is 21.4 Å². The predicted octanol–water partition coefficient (Wildman–Crippen LogP) is 1.93. The summed E-state index contributed by atoms with van der Waals surface area (Å²) in [5, 5.41) is 5.19. The summed E-state index contributed by atoms with van der Waals surface area (Å²) in [5.74, 6) is 0. The van der Waals surface area contributed by atoms with Crippen LogP contribution in [-0.4, -0.2) is 21.5 Å². The quantitative estimate of drug-likeness (QED) is 0.834. The molecule has 112 valence electrons. The SMILES string of the molecule is CCC1(C)CCN(c2cccc(S(N)(=O)=O)c2N)CC1. The molecule has 2 rings (SSSR count). The van der Waals surface area contributed by atoms with Gasteiger partial charge < -0.3 is 10.6 Å². The van der Waals surface area contributed by atoms with E-state index in [0.717, 1.165) is 38.0 Å². The summed E-state index contributed by atoms with van der Waals surface area (Å²) < 4.78 is 23.0. The zero-order valence-electron chi connectivity index (χ0n) is 12.1. The molecule has 4 N–H and O–H groups in total. The highest BCUT2D eigenvalue weighted by Gasteiger charge is 2.29. The van der Waals surface area contributed by atoms with Crippen molar-refractivity contribution in [3.63, 3.8) is 0 Å². The highest BCUT2D eigenvalue weighted by atomic mass is 32.2. The second kappa shape index (κ2) is 5.26. The highest BCUT2D eigenvalue weighted by Crippen LogP contribution is 2.38. The predicted molar refractivity (Wildman–Crippen MR) is 82.1 cm³/mol. The molecule has 1 aliphatic heterocycles. The molecule has 0 amide bonds. The van der Waals surface area contributed by atoms with Crippen LogP contribution in [0.4, 0.5) is 11.4 Å². The summed E-state index contributed by atoms with van der Waals surface area (Å²) >= 11 is 0. The summed E-state index contributed by atoms with van der Waals surface area (Å²) in [7, 11) is -3.77. The lowest BCUT2D eigenvalue weighted by atomic mass is 9.78. The number of anilines is 2. The number of piperidine rings is 1. The lowest BCUT2D eigenvalue weighted by molar-refractivity contribution is 0.238. The van der Waals surface area contributed by atoms with E-state index < -0.39 is 10.0 Å². The van der Waals surface area contributed by atoms with Crippen LogP contribution in [-0.2, 0) is 10.0 Å². The number of benzene rings is 1. The van der Waals surface area contributed by atoms with Crippen LogP contribution in [0, 0.1) is 5.41 Å². The number of sulfonamides is 1. The van der Waals surface area contributed by atoms with E-state index in [-0.39, 0.29) is 10.6 Å². The van der Waals surface area contributed by atoms with Crippen molar-refractivity contribution in [2.24, 2.45) is 10.6 Å². The molecule has 0 bridgehead atoms. The van der Waals surface area contributed by atoms with Crippen LogP contribution in [0.25, 0.3) is 0 Å². The molecular weight excluding hydrogens is 274 g/mol. The van der Waals surface area contributed by atoms with E-state index in [4.69, 9.17) is 10.9 Å². The number of nitrogen functional groups attached to an aromatic ring is 1. The van der Waals surface area contributed by atoms with Crippen LogP contribution in [0.1, 0.15) is 33.1 Å². The van der Waals surface area contributed by atoms with E-state index in [1.807, 2.05) is 6.07 Å². The second-order valence-electron chi connectivity index (χ2n) is 5.89. The summed E-state index contributed by atoms with van der Waals surface area (Å²) in [6.07, 6.45) is 3.33. The lowest BCUT2D eigenvalue weighted by Gasteiger charge is -2.40. The van der Waals surface area contributed by atoms with Crippen molar-refractivity contribution in [2.45, 2.75) is 38.0 Å². The highest BCUT2D eigenvalue weighted by molar-refractivity contribution is 7.89. The molecule has 0 unspecified atom stereocenters. The summed E-state index contributed by atoms with van der Waals surface area (Å²) in [5.41, 5.74) is 7.41. The summed E-state index contributed by atoms with van der Waals surface area (Å²) in [6, 6.07) is 5.01. The monoisotopic (exact) mass is 297 g/mol. The fourth-order valence-corrected chi connectivity index (χ4v) is 3.38. The average molecular weight is 297 g/mol. The van der Waals surface area contributed by atoms with Crippen molar-refractivity contribution in [2.75, 3.05) is 23.7 Å². The number of nitrogens with zero attached hydrogens (tertiary/aromatic N) is 1. The van der Waals surface area contributed by atoms with Gasteiger partial charge >= 0.3 is 0 Å². The van der Waals surface area contributed by atoms with Gasteiger partial charge in [-0.3, -0.25) is 0 Å². The Hall–Kier alpha value is -1.27. The Labute approximate surface area is 121 Å². The third kappa shape index (κ3) is 2.91. The normalized spacial score (nSPS) is 19.1. The van der Waals surface area contributed by atoms with Crippen LogP contribution in [0.5, 0.6) is 0 Å². The van der Waals surface area contributed by atoms with Gasteiger partial charge in [0.05, 0.1) is 11.4 Å². The first kappa shape index (κ1) is 15.1. The van der Waals surface area contributed by atoms with E-state index >= 15 is 0 Å². The number of primary sulfonamides is 1. The fraction of sp³-hybridized carbons (Fsp3) is 0.571. The Morgan fingerprint density at radius 3 is 2.40 bits per heavy atom. The standard InChI is InChI=1S/C14H23N3O2S/c1-3-14(2)7-9-17(10-8-14)11-5-4-6-12(13(11)15)20(16,18)19/h4-6H,3,7-10,15H2,1-2H3,(H2,16,18,19). The number of nitrogens with two attached hydrogens (primary N) is 2. The molecule has 5 nitrogen and oxygen atoms in total. The van der Waals surface area contributed by atoms with Gasteiger partial charge in [-0.05, 0) is 30.4 Å². The third-order valence-corrected chi connectivity index (χ3v) is 5.48. The lowest BCUT2D eigenvalue weighted by Crippen LogP contribution is -2.38. The van der Waals surface area contributed by atoms with Gasteiger partial charge in [0.2, 0.25) is 10.0 Å². The Kier molecular flexibility index (Phi) is 3.97. The molecule has 0 saturated carbocycles. The fourth-order valence-electron chi connectivity index (χ4n) is 2.70. The second-order valence-corrected chi connectivity index (χ2v) is 7.42. The Balaban J connectivity index is 2.28. The minimum Gasteiger partial charge on any atom is -0.396 e. The molecule has 1 fully saturated rings. The van der Waals surface area contributed by atoms with Gasteiger partial charge in [-0.15, -0.1) is 0 Å². The van der Waals surface area contributed by atoms with E-state index in [9.17, 15) is 8.42 Å². The molecule has 1 aromatic carbocycles. The zero-order chi connectivity index (χ0) is 15.0. The van der Waals surface area contributed by atoms with Gasteiger partial charge in [-0.2, -0.15) is 0 Å². The Morgan fingerprint density at radius 1 is 1.30 bits per heavy atom. The van der Waals surface area contributed by atoms with Crippen LogP contribution in [0.15, 0.2) is 23.1 Å². The molecule has 1 aliphatic rings. The summed E-state index contributed by atoms with van der Waals surface area (Å²) in [6.45, 7) is 6.30. The number of hydrogen-bond donors (Lipinski definition) is 2. The first-order chi connectivity index (χ1) is 9.27. The number of rotatable bonds is 3. The molecular formula is C14H23N3O2S. The first-order valence-corrected chi connectivity index (χ1v) is 8.48. The van der Waals surface area contributed by atoms with Crippen molar-refractivity contribution in [1.82, 2.24) is 0 Å². The van der Waals surface area contributed by atoms with E-state index in [2.05, 4.69) is 18.7 Å². The maximum absolute atomic E-state index is 11.5. The molecule has 6 heteroatoms. The molecule has 1 saturated heterocycles. The molecule has 0 spiro atoms. The maximum atomic E-state index is 11.5. The van der Waals surface area contributed by atoms with Crippen LogP contribution >= 0.6 is 0 Å². The Morgan fingerprint density at radius 2 is 1.90 bits per heavy atom. The first-order valence-electron chi connectivity index (χ1n) is 6.93. The molecule has 20 heavy (non-hydrogen) atoms. The van der Waals surface area contributed by atoms with Gasteiger partial charge in [-0.25, -0.2) is 13.6 Å². The minimum absolute atomic E-state index is 0.0128. The molecule has 0 aromatic heterocycles. The maximum Gasteiger partial charge on any atom is 0.240 e. The van der Waals surface area contributed by atoms with E-state index in [1.54, 1.807) is 6.07 Å². The van der Waals surface area contributed by atoms with Crippen molar-refractivity contribution in [1.29, 1.82) is 0 Å². The van der Waals surface area contributed by atoms with E-state index in [0.29, 0.717) is 5.41 Å². The van der Waals surface area contributed by atoms with Gasteiger partial charge in [0, 0.05) is 13.1 Å². The Bertz CT molecular complexity index is 590. The molecule has 0 atom stereocenters. The van der Waals surface area contributed by atoms with Crippen molar-refractivity contribution < 1.29 is 8.42 Å². The van der Waals surface area contributed by atoms with Gasteiger partial charge in [0.25, 0.3) is 0 Å². The number of para-hydroxylation sites is 1. The minimum atomic E-state index is -3.77. The number of hydrogen-bond acceptors (Lipinski definition) is 4. The summed E-state index contributed by atoms with van der Waals surface area (Å²) in [4.78, 5) is 2.17. The molecule has 1 aromatic rings.